The third kappa shape index (κ3) is 3.46. The maximum atomic E-state index is 12.7. The minimum atomic E-state index is -0.159. The van der Waals surface area contributed by atoms with Crippen LogP contribution in [0.1, 0.15) is 27.2 Å². The Labute approximate surface area is 162 Å². The van der Waals surface area contributed by atoms with Crippen LogP contribution in [-0.4, -0.2) is 20.7 Å². The standard InChI is InChI=1S/C21H19ClN4O/c1-13-14(2)24-19-8-5-16(11-18(13)19)21(27)25-20-9-10-23-26(20)12-15-3-6-17(22)7-4-15/h3-11,24H,12H2,1-2H3,(H,25,27). The summed E-state index contributed by atoms with van der Waals surface area (Å²) in [6.07, 6.45) is 1.67. The summed E-state index contributed by atoms with van der Waals surface area (Å²) >= 11 is 5.93. The van der Waals surface area contributed by atoms with E-state index in [1.165, 1.54) is 0 Å². The smallest absolute Gasteiger partial charge is 0.256 e. The number of anilines is 1. The van der Waals surface area contributed by atoms with Crippen LogP contribution < -0.4 is 5.32 Å². The first-order chi connectivity index (χ1) is 13.0. The maximum absolute atomic E-state index is 12.7. The lowest BCUT2D eigenvalue weighted by atomic mass is 10.1. The highest BCUT2D eigenvalue weighted by Gasteiger charge is 2.12. The van der Waals surface area contributed by atoms with E-state index in [1.54, 1.807) is 16.9 Å². The van der Waals surface area contributed by atoms with Crippen molar-refractivity contribution in [1.82, 2.24) is 14.8 Å². The Balaban J connectivity index is 1.56. The first-order valence-electron chi connectivity index (χ1n) is 8.68. The molecule has 0 radical (unpaired) electrons. The van der Waals surface area contributed by atoms with Gasteiger partial charge in [0.15, 0.2) is 0 Å². The molecule has 2 aromatic heterocycles. The summed E-state index contributed by atoms with van der Waals surface area (Å²) in [5, 5.41) is 9.02. The van der Waals surface area contributed by atoms with Crippen LogP contribution in [0.25, 0.3) is 10.9 Å². The Morgan fingerprint density at radius 1 is 1.15 bits per heavy atom. The van der Waals surface area contributed by atoms with Gasteiger partial charge in [0.25, 0.3) is 5.91 Å². The number of rotatable bonds is 4. The Hall–Kier alpha value is -3.05. The molecular formula is C21H19ClN4O. The molecule has 5 nitrogen and oxygen atoms in total. The summed E-state index contributed by atoms with van der Waals surface area (Å²) in [4.78, 5) is 16.1. The van der Waals surface area contributed by atoms with Crippen molar-refractivity contribution in [2.75, 3.05) is 5.32 Å². The van der Waals surface area contributed by atoms with Gasteiger partial charge in [-0.2, -0.15) is 5.10 Å². The molecule has 27 heavy (non-hydrogen) atoms. The number of nitrogens with zero attached hydrogens (tertiary/aromatic N) is 2. The van der Waals surface area contributed by atoms with E-state index in [-0.39, 0.29) is 5.91 Å². The van der Waals surface area contributed by atoms with Crippen LogP contribution in [0.3, 0.4) is 0 Å². The highest BCUT2D eigenvalue weighted by atomic mass is 35.5. The van der Waals surface area contributed by atoms with Crippen molar-refractivity contribution in [2.45, 2.75) is 20.4 Å². The zero-order valence-corrected chi connectivity index (χ0v) is 15.8. The van der Waals surface area contributed by atoms with E-state index in [1.807, 2.05) is 49.4 Å². The van der Waals surface area contributed by atoms with Gasteiger partial charge in [-0.3, -0.25) is 4.79 Å². The molecule has 6 heteroatoms. The Bertz CT molecular complexity index is 1130. The minimum Gasteiger partial charge on any atom is -0.358 e. The van der Waals surface area contributed by atoms with E-state index in [9.17, 15) is 4.79 Å². The van der Waals surface area contributed by atoms with Gasteiger partial charge >= 0.3 is 0 Å². The topological polar surface area (TPSA) is 62.7 Å². The monoisotopic (exact) mass is 378 g/mol. The Kier molecular flexibility index (Phi) is 4.46. The molecule has 0 fully saturated rings. The summed E-state index contributed by atoms with van der Waals surface area (Å²) in [6, 6.07) is 15.1. The lowest BCUT2D eigenvalue weighted by molar-refractivity contribution is 0.102. The zero-order chi connectivity index (χ0) is 19.0. The SMILES string of the molecule is Cc1[nH]c2ccc(C(=O)Nc3ccnn3Cc3ccc(Cl)cc3)cc2c1C. The predicted molar refractivity (Wildman–Crippen MR) is 109 cm³/mol. The molecule has 136 valence electrons. The average Bonchev–Trinajstić information content (AvgIpc) is 3.21. The summed E-state index contributed by atoms with van der Waals surface area (Å²) in [6.45, 7) is 4.64. The van der Waals surface area contributed by atoms with Crippen LogP contribution in [0.5, 0.6) is 0 Å². The van der Waals surface area contributed by atoms with Crippen molar-refractivity contribution >= 4 is 34.2 Å². The quantitative estimate of drug-likeness (QED) is 0.528. The number of aryl methyl sites for hydroxylation is 2. The molecule has 0 aliphatic carbocycles. The largest absolute Gasteiger partial charge is 0.358 e. The summed E-state index contributed by atoms with van der Waals surface area (Å²) in [7, 11) is 0. The molecule has 0 bridgehead atoms. The van der Waals surface area contributed by atoms with E-state index in [2.05, 4.69) is 22.3 Å². The maximum Gasteiger partial charge on any atom is 0.256 e. The van der Waals surface area contributed by atoms with Gasteiger partial charge in [0.05, 0.1) is 12.7 Å². The molecule has 2 heterocycles. The highest BCUT2D eigenvalue weighted by molar-refractivity contribution is 6.30. The second-order valence-corrected chi connectivity index (χ2v) is 7.03. The number of hydrogen-bond donors (Lipinski definition) is 2. The molecule has 4 aromatic rings. The summed E-state index contributed by atoms with van der Waals surface area (Å²) in [5.41, 5.74) is 4.98. The van der Waals surface area contributed by atoms with Crippen LogP contribution in [0.2, 0.25) is 5.02 Å². The number of nitrogens with one attached hydrogen (secondary N) is 2. The van der Waals surface area contributed by atoms with E-state index in [0.29, 0.717) is 22.9 Å². The van der Waals surface area contributed by atoms with Crippen LogP contribution in [-0.2, 0) is 6.54 Å². The third-order valence-electron chi connectivity index (χ3n) is 4.77. The number of carbonyl (C=O) groups is 1. The van der Waals surface area contributed by atoms with E-state index in [4.69, 9.17) is 11.6 Å². The highest BCUT2D eigenvalue weighted by Crippen LogP contribution is 2.23. The van der Waals surface area contributed by atoms with Crippen LogP contribution in [0, 0.1) is 13.8 Å². The Morgan fingerprint density at radius 2 is 1.93 bits per heavy atom. The number of hydrogen-bond acceptors (Lipinski definition) is 2. The van der Waals surface area contributed by atoms with Crippen LogP contribution >= 0.6 is 11.6 Å². The fourth-order valence-electron chi connectivity index (χ4n) is 3.12. The van der Waals surface area contributed by atoms with Gasteiger partial charge in [0.1, 0.15) is 5.82 Å². The van der Waals surface area contributed by atoms with Crippen LogP contribution in [0.15, 0.2) is 54.7 Å². The van der Waals surface area contributed by atoms with E-state index in [0.717, 1.165) is 27.7 Å². The fraction of sp³-hybridized carbons (Fsp3) is 0.143. The lowest BCUT2D eigenvalue weighted by Gasteiger charge is -2.09. The third-order valence-corrected chi connectivity index (χ3v) is 5.03. The van der Waals surface area contributed by atoms with Crippen molar-refractivity contribution in [3.05, 3.63) is 82.1 Å². The molecule has 2 aromatic carbocycles. The number of carbonyl (C=O) groups excluding carboxylic acids is 1. The first-order valence-corrected chi connectivity index (χ1v) is 9.05. The summed E-state index contributed by atoms with van der Waals surface area (Å²) in [5.74, 6) is 0.491. The fourth-order valence-corrected chi connectivity index (χ4v) is 3.24. The molecule has 0 aliphatic heterocycles. The molecular weight excluding hydrogens is 360 g/mol. The van der Waals surface area contributed by atoms with Gasteiger partial charge in [-0.15, -0.1) is 0 Å². The Morgan fingerprint density at radius 3 is 2.70 bits per heavy atom. The molecule has 0 spiro atoms. The number of H-pyrrole nitrogens is 1. The van der Waals surface area contributed by atoms with Crippen molar-refractivity contribution in [3.8, 4) is 0 Å². The van der Waals surface area contributed by atoms with Gasteiger partial charge < -0.3 is 10.3 Å². The first kappa shape index (κ1) is 17.4. The van der Waals surface area contributed by atoms with Gasteiger partial charge in [-0.05, 0) is 55.3 Å². The minimum absolute atomic E-state index is 0.159. The molecule has 2 N–H and O–H groups in total. The number of benzene rings is 2. The average molecular weight is 379 g/mol. The molecule has 0 aliphatic rings. The van der Waals surface area contributed by atoms with Crippen molar-refractivity contribution in [1.29, 1.82) is 0 Å². The molecule has 0 unspecified atom stereocenters. The number of halogens is 1. The van der Waals surface area contributed by atoms with Crippen molar-refractivity contribution in [2.24, 2.45) is 0 Å². The second kappa shape index (κ2) is 6.93. The van der Waals surface area contributed by atoms with E-state index < -0.39 is 0 Å². The molecule has 0 saturated heterocycles. The zero-order valence-electron chi connectivity index (χ0n) is 15.1. The second-order valence-electron chi connectivity index (χ2n) is 6.59. The number of fused-ring (bicyclic) bond motifs is 1. The van der Waals surface area contributed by atoms with Crippen LogP contribution in [0.4, 0.5) is 5.82 Å². The predicted octanol–water partition coefficient (Wildman–Crippen LogP) is 4.94. The van der Waals surface area contributed by atoms with Crippen molar-refractivity contribution < 1.29 is 4.79 Å². The lowest BCUT2D eigenvalue weighted by Crippen LogP contribution is -2.16. The van der Waals surface area contributed by atoms with Gasteiger partial charge in [-0.1, -0.05) is 23.7 Å². The van der Waals surface area contributed by atoms with Crippen molar-refractivity contribution in [3.63, 3.8) is 0 Å². The number of amides is 1. The van der Waals surface area contributed by atoms with Gasteiger partial charge in [-0.25, -0.2) is 4.68 Å². The number of aromatic nitrogens is 3. The van der Waals surface area contributed by atoms with E-state index >= 15 is 0 Å². The molecule has 1 amide bonds. The molecule has 0 saturated carbocycles. The van der Waals surface area contributed by atoms with Gasteiger partial charge in [0, 0.05) is 33.2 Å². The molecule has 4 rings (SSSR count). The number of aromatic amines is 1. The summed E-state index contributed by atoms with van der Waals surface area (Å²) < 4.78 is 1.76. The normalized spacial score (nSPS) is 11.1. The molecule has 0 atom stereocenters. The van der Waals surface area contributed by atoms with Gasteiger partial charge in [0.2, 0.25) is 0 Å².